The number of hydrogen-bond acceptors (Lipinski definition) is 4. The summed E-state index contributed by atoms with van der Waals surface area (Å²) in [7, 11) is 2.09. The van der Waals surface area contributed by atoms with Gasteiger partial charge in [-0.3, -0.25) is 9.69 Å². The molecule has 0 bridgehead atoms. The van der Waals surface area contributed by atoms with E-state index >= 15 is 0 Å². The topological polar surface area (TPSA) is 72.9 Å². The molecule has 96 valence electrons. The second kappa shape index (κ2) is 7.03. The number of nitrogens with one attached hydrogen (secondary N) is 1. The van der Waals surface area contributed by atoms with Gasteiger partial charge in [-0.2, -0.15) is 0 Å². The molecule has 0 aromatic heterocycles. The van der Waals surface area contributed by atoms with Gasteiger partial charge in [-0.1, -0.05) is 0 Å². The molecule has 1 fully saturated rings. The number of carbonyl (C=O) groups is 2. The molecule has 1 rings (SSSR count). The van der Waals surface area contributed by atoms with E-state index in [0.29, 0.717) is 6.54 Å². The lowest BCUT2D eigenvalue weighted by molar-refractivity contribution is -0.131. The van der Waals surface area contributed by atoms with Gasteiger partial charge in [-0.05, 0) is 7.05 Å². The van der Waals surface area contributed by atoms with Crippen molar-refractivity contribution >= 4 is 11.9 Å². The van der Waals surface area contributed by atoms with Crippen molar-refractivity contribution in [3.8, 4) is 0 Å². The minimum absolute atomic E-state index is 0.360. The molecule has 1 heterocycles. The van der Waals surface area contributed by atoms with Crippen LogP contribution >= 0.6 is 0 Å². The number of aliphatic carboxylic acids is 1. The van der Waals surface area contributed by atoms with Crippen molar-refractivity contribution in [1.82, 2.24) is 15.1 Å². The lowest BCUT2D eigenvalue weighted by atomic mass is 10.3. The van der Waals surface area contributed by atoms with Crippen LogP contribution in [0.2, 0.25) is 0 Å². The van der Waals surface area contributed by atoms with Crippen LogP contribution < -0.4 is 5.32 Å². The van der Waals surface area contributed by atoms with E-state index in [2.05, 4.69) is 22.2 Å². The number of carbonyl (C=O) groups excluding carboxylic acids is 1. The van der Waals surface area contributed by atoms with Gasteiger partial charge in [0.15, 0.2) is 0 Å². The van der Waals surface area contributed by atoms with E-state index in [0.717, 1.165) is 44.9 Å². The van der Waals surface area contributed by atoms with Crippen LogP contribution in [0.3, 0.4) is 0 Å². The maximum absolute atomic E-state index is 11.2. The van der Waals surface area contributed by atoms with Crippen LogP contribution in [0.4, 0.5) is 0 Å². The predicted molar refractivity (Wildman–Crippen MR) is 63.7 cm³/mol. The van der Waals surface area contributed by atoms with Crippen LogP contribution in [0.25, 0.3) is 0 Å². The van der Waals surface area contributed by atoms with Gasteiger partial charge >= 0.3 is 5.97 Å². The fraction of sp³-hybridized carbons (Fsp3) is 0.636. The molecule has 17 heavy (non-hydrogen) atoms. The Morgan fingerprint density at radius 2 is 1.88 bits per heavy atom. The molecular weight excluding hydrogens is 222 g/mol. The molecule has 0 atom stereocenters. The quantitative estimate of drug-likeness (QED) is 0.603. The fourth-order valence-corrected chi connectivity index (χ4v) is 1.61. The average Bonchev–Trinajstić information content (AvgIpc) is 2.29. The summed E-state index contributed by atoms with van der Waals surface area (Å²) in [6.07, 6.45) is 1.87. The van der Waals surface area contributed by atoms with E-state index in [9.17, 15) is 9.59 Å². The second-order valence-corrected chi connectivity index (χ2v) is 4.11. The first-order valence-electron chi connectivity index (χ1n) is 5.67. The van der Waals surface area contributed by atoms with Gasteiger partial charge in [0.05, 0.1) is 0 Å². The molecule has 1 saturated heterocycles. The zero-order chi connectivity index (χ0) is 12.7. The number of likely N-dealkylation sites (N-methyl/N-ethyl adjacent to an activating group) is 1. The Morgan fingerprint density at radius 1 is 1.24 bits per heavy atom. The molecule has 2 N–H and O–H groups in total. The highest BCUT2D eigenvalue weighted by molar-refractivity contribution is 5.93. The van der Waals surface area contributed by atoms with E-state index in [1.807, 2.05) is 0 Å². The first-order valence-corrected chi connectivity index (χ1v) is 5.67. The lowest BCUT2D eigenvalue weighted by Gasteiger charge is -2.32. The van der Waals surface area contributed by atoms with Crippen molar-refractivity contribution in [1.29, 1.82) is 0 Å². The third-order valence-corrected chi connectivity index (χ3v) is 2.70. The van der Waals surface area contributed by atoms with E-state index in [1.54, 1.807) is 0 Å². The molecule has 0 aliphatic carbocycles. The molecule has 0 aromatic rings. The van der Waals surface area contributed by atoms with Crippen molar-refractivity contribution in [2.24, 2.45) is 0 Å². The zero-order valence-electron chi connectivity index (χ0n) is 10.1. The highest BCUT2D eigenvalue weighted by atomic mass is 16.4. The molecule has 6 heteroatoms. The number of hydrogen-bond donors (Lipinski definition) is 2. The number of nitrogens with zero attached hydrogens (tertiary/aromatic N) is 2. The zero-order valence-corrected chi connectivity index (χ0v) is 10.1. The van der Waals surface area contributed by atoms with Gasteiger partial charge in [0.1, 0.15) is 0 Å². The third-order valence-electron chi connectivity index (χ3n) is 2.70. The summed E-state index contributed by atoms with van der Waals surface area (Å²) in [6.45, 7) is 5.47. The summed E-state index contributed by atoms with van der Waals surface area (Å²) in [4.78, 5) is 25.9. The van der Waals surface area contributed by atoms with Crippen LogP contribution in [0.15, 0.2) is 12.2 Å². The molecule has 0 unspecified atom stereocenters. The van der Waals surface area contributed by atoms with Gasteiger partial charge in [-0.15, -0.1) is 0 Å². The van der Waals surface area contributed by atoms with Gasteiger partial charge in [0, 0.05) is 51.4 Å². The monoisotopic (exact) mass is 241 g/mol. The molecule has 1 amide bonds. The van der Waals surface area contributed by atoms with E-state index < -0.39 is 5.97 Å². The van der Waals surface area contributed by atoms with Gasteiger partial charge < -0.3 is 15.3 Å². The van der Waals surface area contributed by atoms with Crippen molar-refractivity contribution in [3.05, 3.63) is 12.2 Å². The molecule has 1 aliphatic heterocycles. The smallest absolute Gasteiger partial charge is 0.328 e. The van der Waals surface area contributed by atoms with Crippen LogP contribution in [-0.2, 0) is 9.59 Å². The number of amides is 1. The maximum atomic E-state index is 11.2. The van der Waals surface area contributed by atoms with Crippen LogP contribution in [0.5, 0.6) is 0 Å². The van der Waals surface area contributed by atoms with Crippen LogP contribution in [0, 0.1) is 0 Å². The van der Waals surface area contributed by atoms with Crippen LogP contribution in [0.1, 0.15) is 0 Å². The maximum Gasteiger partial charge on any atom is 0.328 e. The highest BCUT2D eigenvalue weighted by Gasteiger charge is 2.12. The van der Waals surface area contributed by atoms with Crippen molar-refractivity contribution in [2.45, 2.75) is 0 Å². The normalized spacial score (nSPS) is 18.4. The summed E-state index contributed by atoms with van der Waals surface area (Å²) < 4.78 is 0. The van der Waals surface area contributed by atoms with Gasteiger partial charge in [-0.25, -0.2) is 4.79 Å². The van der Waals surface area contributed by atoms with Gasteiger partial charge in [0.2, 0.25) is 5.91 Å². The Kier molecular flexibility index (Phi) is 5.65. The lowest BCUT2D eigenvalue weighted by Crippen LogP contribution is -2.46. The number of rotatable bonds is 5. The minimum atomic E-state index is -1.11. The average molecular weight is 241 g/mol. The number of carboxylic acids is 1. The van der Waals surface area contributed by atoms with Gasteiger partial charge in [0.25, 0.3) is 0 Å². The Bertz CT molecular complexity index is 296. The Hall–Kier alpha value is -1.40. The Labute approximate surface area is 101 Å². The predicted octanol–water partition coefficient (Wildman–Crippen LogP) is -1.01. The molecule has 0 aromatic carbocycles. The first kappa shape index (κ1) is 13.7. The van der Waals surface area contributed by atoms with Crippen molar-refractivity contribution in [2.75, 3.05) is 46.3 Å². The highest BCUT2D eigenvalue weighted by Crippen LogP contribution is 1.97. The standard InChI is InChI=1S/C11H19N3O3/c1-13-6-8-14(9-7-13)5-4-12-10(15)2-3-11(16)17/h2-3H,4-9H2,1H3,(H,12,15)(H,16,17)/b3-2+. The second-order valence-electron chi connectivity index (χ2n) is 4.11. The van der Waals surface area contributed by atoms with E-state index in [1.165, 1.54) is 0 Å². The van der Waals surface area contributed by atoms with Crippen molar-refractivity contribution < 1.29 is 14.7 Å². The summed E-state index contributed by atoms with van der Waals surface area (Å²) in [5, 5.41) is 11.0. The molecule has 0 saturated carbocycles. The largest absolute Gasteiger partial charge is 0.478 e. The SMILES string of the molecule is CN1CCN(CCNC(=O)/C=C/C(=O)O)CC1. The third kappa shape index (κ3) is 6.03. The Morgan fingerprint density at radius 3 is 2.47 bits per heavy atom. The first-order chi connectivity index (χ1) is 8.08. The van der Waals surface area contributed by atoms with Crippen LogP contribution in [-0.4, -0.2) is 73.1 Å². The minimum Gasteiger partial charge on any atom is -0.478 e. The summed E-state index contributed by atoms with van der Waals surface area (Å²) in [5.74, 6) is -1.47. The van der Waals surface area contributed by atoms with E-state index in [4.69, 9.17) is 5.11 Å². The number of piperazine rings is 1. The molecule has 1 aliphatic rings. The summed E-state index contributed by atoms with van der Waals surface area (Å²) in [6, 6.07) is 0. The van der Waals surface area contributed by atoms with E-state index in [-0.39, 0.29) is 5.91 Å². The Balaban J connectivity index is 2.11. The molecule has 6 nitrogen and oxygen atoms in total. The van der Waals surface area contributed by atoms with Crippen molar-refractivity contribution in [3.63, 3.8) is 0 Å². The fourth-order valence-electron chi connectivity index (χ4n) is 1.61. The molecular formula is C11H19N3O3. The number of carboxylic acid groups (broad SMARTS) is 1. The summed E-state index contributed by atoms with van der Waals surface area (Å²) >= 11 is 0. The molecule has 0 radical (unpaired) electrons. The summed E-state index contributed by atoms with van der Waals surface area (Å²) in [5.41, 5.74) is 0. The molecule has 0 spiro atoms.